The van der Waals surface area contributed by atoms with Crippen molar-refractivity contribution in [3.63, 3.8) is 0 Å². The van der Waals surface area contributed by atoms with Crippen LogP contribution in [-0.2, 0) is 4.79 Å². The van der Waals surface area contributed by atoms with Crippen molar-refractivity contribution in [2.75, 3.05) is 18.6 Å². The van der Waals surface area contributed by atoms with Crippen LogP contribution in [0.1, 0.15) is 17.5 Å². The molecule has 0 aromatic heterocycles. The number of fused-ring (bicyclic) bond motifs is 1. The van der Waals surface area contributed by atoms with Crippen molar-refractivity contribution in [1.82, 2.24) is 0 Å². The Labute approximate surface area is 104 Å². The van der Waals surface area contributed by atoms with Gasteiger partial charge < -0.3 is 9.64 Å². The highest BCUT2D eigenvalue weighted by Crippen LogP contribution is 2.39. The Bertz CT molecular complexity index is 457. The van der Waals surface area contributed by atoms with Crippen LogP contribution < -0.4 is 9.64 Å². The molecule has 1 amide bonds. The molecule has 0 aliphatic carbocycles. The van der Waals surface area contributed by atoms with Gasteiger partial charge in [-0.3, -0.25) is 4.79 Å². The number of benzene rings is 1. The van der Waals surface area contributed by atoms with Crippen LogP contribution in [0.15, 0.2) is 10.5 Å². The normalized spacial score (nSPS) is 15.5. The third-order valence-electron chi connectivity index (χ3n) is 2.89. The predicted octanol–water partition coefficient (Wildman–Crippen LogP) is 2.81. The molecular weight excluding hydrogens is 270 g/mol. The van der Waals surface area contributed by atoms with E-state index >= 15 is 0 Å². The van der Waals surface area contributed by atoms with Crippen molar-refractivity contribution in [3.05, 3.63) is 21.7 Å². The van der Waals surface area contributed by atoms with E-state index in [1.807, 2.05) is 19.9 Å². The number of hydrogen-bond acceptors (Lipinski definition) is 2. The van der Waals surface area contributed by atoms with E-state index < -0.39 is 0 Å². The fraction of sp³-hybridized carbons (Fsp3) is 0.417. The number of carbonyl (C=O) groups excluding carboxylic acids is 1. The molecule has 0 fully saturated rings. The molecule has 16 heavy (non-hydrogen) atoms. The lowest BCUT2D eigenvalue weighted by Gasteiger charge is -2.20. The van der Waals surface area contributed by atoms with Crippen LogP contribution in [0.3, 0.4) is 0 Å². The summed E-state index contributed by atoms with van der Waals surface area (Å²) in [7, 11) is 1.80. The van der Waals surface area contributed by atoms with Gasteiger partial charge in [-0.25, -0.2) is 0 Å². The molecule has 4 heteroatoms. The van der Waals surface area contributed by atoms with Gasteiger partial charge in [-0.1, -0.05) is 15.9 Å². The van der Waals surface area contributed by atoms with E-state index in [2.05, 4.69) is 15.9 Å². The van der Waals surface area contributed by atoms with Gasteiger partial charge in [0.1, 0.15) is 5.75 Å². The standard InChI is InChI=1S/C12H14BrNO2/c1-7-6-9-12(8(2)11(7)13)14(3)10(15)4-5-16-9/h6H,4-5H2,1-3H3. The molecule has 3 nitrogen and oxygen atoms in total. The van der Waals surface area contributed by atoms with Gasteiger partial charge in [-0.05, 0) is 31.0 Å². The first-order valence-corrected chi connectivity index (χ1v) is 6.00. The number of ether oxygens (including phenoxy) is 1. The van der Waals surface area contributed by atoms with Crippen molar-refractivity contribution in [2.45, 2.75) is 20.3 Å². The van der Waals surface area contributed by atoms with Gasteiger partial charge >= 0.3 is 0 Å². The minimum atomic E-state index is 0.0950. The first-order valence-electron chi connectivity index (χ1n) is 5.21. The maximum absolute atomic E-state index is 11.8. The van der Waals surface area contributed by atoms with E-state index in [9.17, 15) is 4.79 Å². The number of rotatable bonds is 0. The Balaban J connectivity index is 2.66. The predicted molar refractivity (Wildman–Crippen MR) is 67.1 cm³/mol. The van der Waals surface area contributed by atoms with Gasteiger partial charge in [0.2, 0.25) is 5.91 Å². The average Bonchev–Trinajstić information content (AvgIpc) is 2.37. The van der Waals surface area contributed by atoms with Crippen molar-refractivity contribution in [2.24, 2.45) is 0 Å². The maximum Gasteiger partial charge on any atom is 0.230 e. The number of aryl methyl sites for hydroxylation is 1. The summed E-state index contributed by atoms with van der Waals surface area (Å²) in [5.74, 6) is 0.893. The SMILES string of the molecule is Cc1cc2c(c(C)c1Br)N(C)C(=O)CCO2. The fourth-order valence-corrected chi connectivity index (χ4v) is 2.28. The van der Waals surface area contributed by atoms with Gasteiger partial charge in [-0.2, -0.15) is 0 Å². The zero-order chi connectivity index (χ0) is 11.9. The fourth-order valence-electron chi connectivity index (χ4n) is 1.98. The average molecular weight is 284 g/mol. The van der Waals surface area contributed by atoms with Crippen molar-refractivity contribution in [3.8, 4) is 5.75 Å². The Kier molecular flexibility index (Phi) is 2.93. The highest BCUT2D eigenvalue weighted by Gasteiger charge is 2.23. The topological polar surface area (TPSA) is 29.5 Å². The van der Waals surface area contributed by atoms with Crippen LogP contribution in [0.5, 0.6) is 5.75 Å². The minimum absolute atomic E-state index is 0.0950. The van der Waals surface area contributed by atoms with Gasteiger partial charge in [0.05, 0.1) is 18.7 Å². The van der Waals surface area contributed by atoms with Crippen LogP contribution in [0.25, 0.3) is 0 Å². The molecule has 1 aliphatic rings. The smallest absolute Gasteiger partial charge is 0.230 e. The molecule has 1 aromatic rings. The van der Waals surface area contributed by atoms with Gasteiger partial charge in [0.25, 0.3) is 0 Å². The zero-order valence-corrected chi connectivity index (χ0v) is 11.2. The molecule has 2 rings (SSSR count). The summed E-state index contributed by atoms with van der Waals surface area (Å²) in [6.07, 6.45) is 0.432. The van der Waals surface area contributed by atoms with Crippen LogP contribution >= 0.6 is 15.9 Å². The monoisotopic (exact) mass is 283 g/mol. The van der Waals surface area contributed by atoms with E-state index in [1.54, 1.807) is 11.9 Å². The Hall–Kier alpha value is -1.03. The molecule has 1 aromatic carbocycles. The summed E-state index contributed by atoms with van der Waals surface area (Å²) in [6, 6.07) is 1.97. The second-order valence-electron chi connectivity index (χ2n) is 4.03. The summed E-state index contributed by atoms with van der Waals surface area (Å²) in [4.78, 5) is 13.4. The Morgan fingerprint density at radius 2 is 2.12 bits per heavy atom. The van der Waals surface area contributed by atoms with Gasteiger partial charge in [0, 0.05) is 11.5 Å². The molecule has 0 saturated carbocycles. The summed E-state index contributed by atoms with van der Waals surface area (Å²) in [5, 5.41) is 0. The lowest BCUT2D eigenvalue weighted by atomic mass is 10.1. The van der Waals surface area contributed by atoms with E-state index in [1.165, 1.54) is 0 Å². The molecule has 0 saturated heterocycles. The summed E-state index contributed by atoms with van der Waals surface area (Å²) < 4.78 is 6.66. The number of nitrogens with zero attached hydrogens (tertiary/aromatic N) is 1. The molecule has 0 atom stereocenters. The molecule has 86 valence electrons. The number of anilines is 1. The second kappa shape index (κ2) is 4.09. The third-order valence-corrected chi connectivity index (χ3v) is 4.11. The van der Waals surface area contributed by atoms with Crippen LogP contribution in [-0.4, -0.2) is 19.6 Å². The molecule has 0 radical (unpaired) electrons. The zero-order valence-electron chi connectivity index (χ0n) is 9.63. The molecule has 0 N–H and O–H groups in total. The first kappa shape index (κ1) is 11.5. The minimum Gasteiger partial charge on any atom is -0.491 e. The number of hydrogen-bond donors (Lipinski definition) is 0. The maximum atomic E-state index is 11.8. The number of halogens is 1. The van der Waals surface area contributed by atoms with Crippen LogP contribution in [0.2, 0.25) is 0 Å². The van der Waals surface area contributed by atoms with Crippen molar-refractivity contribution < 1.29 is 9.53 Å². The van der Waals surface area contributed by atoms with E-state index in [-0.39, 0.29) is 5.91 Å². The summed E-state index contributed by atoms with van der Waals surface area (Å²) >= 11 is 3.54. The lowest BCUT2D eigenvalue weighted by Crippen LogP contribution is -2.25. The molecule has 1 aliphatic heterocycles. The van der Waals surface area contributed by atoms with E-state index in [0.717, 1.165) is 27.0 Å². The second-order valence-corrected chi connectivity index (χ2v) is 4.82. The Morgan fingerprint density at radius 1 is 1.44 bits per heavy atom. The molecule has 0 unspecified atom stereocenters. The molecule has 1 heterocycles. The van der Waals surface area contributed by atoms with Gasteiger partial charge in [-0.15, -0.1) is 0 Å². The highest BCUT2D eigenvalue weighted by molar-refractivity contribution is 9.10. The molecular formula is C12H14BrNO2. The van der Waals surface area contributed by atoms with Crippen molar-refractivity contribution in [1.29, 1.82) is 0 Å². The number of carbonyl (C=O) groups is 1. The van der Waals surface area contributed by atoms with Crippen LogP contribution in [0, 0.1) is 13.8 Å². The van der Waals surface area contributed by atoms with Crippen molar-refractivity contribution >= 4 is 27.5 Å². The summed E-state index contributed by atoms with van der Waals surface area (Å²) in [5.41, 5.74) is 3.05. The lowest BCUT2D eigenvalue weighted by molar-refractivity contribution is -0.118. The largest absolute Gasteiger partial charge is 0.491 e. The quantitative estimate of drug-likeness (QED) is 0.733. The van der Waals surface area contributed by atoms with E-state index in [4.69, 9.17) is 4.74 Å². The molecule has 0 bridgehead atoms. The number of amides is 1. The van der Waals surface area contributed by atoms with E-state index in [0.29, 0.717) is 13.0 Å². The molecule has 0 spiro atoms. The first-order chi connectivity index (χ1) is 7.52. The third kappa shape index (κ3) is 1.71. The Morgan fingerprint density at radius 3 is 2.81 bits per heavy atom. The van der Waals surface area contributed by atoms with Gasteiger partial charge in [0.15, 0.2) is 0 Å². The van der Waals surface area contributed by atoms with Crippen LogP contribution in [0.4, 0.5) is 5.69 Å². The summed E-state index contributed by atoms with van der Waals surface area (Å²) in [6.45, 7) is 4.47. The highest BCUT2D eigenvalue weighted by atomic mass is 79.9.